The summed E-state index contributed by atoms with van der Waals surface area (Å²) < 4.78 is 25.1. The van der Waals surface area contributed by atoms with E-state index in [4.69, 9.17) is 5.26 Å². The maximum atomic E-state index is 11.8. The van der Waals surface area contributed by atoms with Crippen LogP contribution in [0.1, 0.15) is 31.2 Å². The van der Waals surface area contributed by atoms with E-state index in [0.717, 1.165) is 25.7 Å². The van der Waals surface area contributed by atoms with Crippen molar-refractivity contribution in [2.24, 2.45) is 0 Å². The average molecular weight is 308 g/mol. The first-order valence-corrected chi connectivity index (χ1v) is 8.92. The van der Waals surface area contributed by atoms with E-state index in [1.54, 1.807) is 22.6 Å². The Kier molecular flexibility index (Phi) is 5.15. The van der Waals surface area contributed by atoms with Crippen molar-refractivity contribution in [1.29, 1.82) is 5.26 Å². The fourth-order valence-electron chi connectivity index (χ4n) is 2.66. The molecule has 1 saturated heterocycles. The SMILES string of the molecule is CS(=O)(=O)N1CCCCC1CCNc1cc(C#N)ccn1. The molecule has 21 heavy (non-hydrogen) atoms. The predicted molar refractivity (Wildman–Crippen MR) is 81.2 cm³/mol. The number of piperidine rings is 1. The molecule has 7 heteroatoms. The Labute approximate surface area is 125 Å². The van der Waals surface area contributed by atoms with Gasteiger partial charge in [-0.2, -0.15) is 9.57 Å². The summed E-state index contributed by atoms with van der Waals surface area (Å²) in [5.74, 6) is 0.649. The summed E-state index contributed by atoms with van der Waals surface area (Å²) >= 11 is 0. The maximum Gasteiger partial charge on any atom is 0.211 e. The zero-order valence-electron chi connectivity index (χ0n) is 12.1. The minimum atomic E-state index is -3.13. The van der Waals surface area contributed by atoms with Gasteiger partial charge in [0.15, 0.2) is 0 Å². The van der Waals surface area contributed by atoms with Gasteiger partial charge < -0.3 is 5.32 Å². The molecular formula is C14H20N4O2S. The van der Waals surface area contributed by atoms with Crippen LogP contribution in [0.3, 0.4) is 0 Å². The van der Waals surface area contributed by atoms with Crippen molar-refractivity contribution in [3.8, 4) is 6.07 Å². The monoisotopic (exact) mass is 308 g/mol. The van der Waals surface area contributed by atoms with Gasteiger partial charge in [-0.3, -0.25) is 0 Å². The number of rotatable bonds is 5. The van der Waals surface area contributed by atoms with Crippen LogP contribution >= 0.6 is 0 Å². The largest absolute Gasteiger partial charge is 0.370 e. The van der Waals surface area contributed by atoms with Gasteiger partial charge >= 0.3 is 0 Å². The first-order valence-electron chi connectivity index (χ1n) is 7.07. The average Bonchev–Trinajstić information content (AvgIpc) is 2.47. The molecule has 1 aliphatic heterocycles. The molecule has 6 nitrogen and oxygen atoms in total. The lowest BCUT2D eigenvalue weighted by Gasteiger charge is -2.33. The van der Waals surface area contributed by atoms with Crippen molar-refractivity contribution < 1.29 is 8.42 Å². The number of hydrogen-bond acceptors (Lipinski definition) is 5. The Morgan fingerprint density at radius 2 is 2.33 bits per heavy atom. The molecule has 114 valence electrons. The van der Waals surface area contributed by atoms with Gasteiger partial charge in [0.1, 0.15) is 5.82 Å². The van der Waals surface area contributed by atoms with Crippen LogP contribution in [0.2, 0.25) is 0 Å². The Morgan fingerprint density at radius 1 is 1.52 bits per heavy atom. The third-order valence-corrected chi connectivity index (χ3v) is 5.00. The van der Waals surface area contributed by atoms with Crippen molar-refractivity contribution in [3.63, 3.8) is 0 Å². The van der Waals surface area contributed by atoms with Crippen LogP contribution in [0.5, 0.6) is 0 Å². The van der Waals surface area contributed by atoms with Gasteiger partial charge in [-0.15, -0.1) is 0 Å². The summed E-state index contributed by atoms with van der Waals surface area (Å²) in [5.41, 5.74) is 0.558. The smallest absolute Gasteiger partial charge is 0.211 e. The van der Waals surface area contributed by atoms with E-state index in [1.807, 2.05) is 0 Å². The number of nitrogens with zero attached hydrogens (tertiary/aromatic N) is 3. The van der Waals surface area contributed by atoms with E-state index in [2.05, 4.69) is 16.4 Å². The number of nitriles is 1. The third-order valence-electron chi connectivity index (χ3n) is 3.67. The second-order valence-electron chi connectivity index (χ2n) is 5.28. The highest BCUT2D eigenvalue weighted by molar-refractivity contribution is 7.88. The van der Waals surface area contributed by atoms with E-state index in [1.165, 1.54) is 6.26 Å². The summed E-state index contributed by atoms with van der Waals surface area (Å²) in [7, 11) is -3.13. The number of anilines is 1. The van der Waals surface area contributed by atoms with Crippen molar-refractivity contribution in [2.45, 2.75) is 31.7 Å². The molecular weight excluding hydrogens is 288 g/mol. The molecule has 1 unspecified atom stereocenters. The van der Waals surface area contributed by atoms with Crippen LogP contribution in [0.25, 0.3) is 0 Å². The van der Waals surface area contributed by atoms with Crippen LogP contribution in [-0.4, -0.2) is 43.1 Å². The third kappa shape index (κ3) is 4.41. The fraction of sp³-hybridized carbons (Fsp3) is 0.571. The highest BCUT2D eigenvalue weighted by Crippen LogP contribution is 2.22. The number of nitrogens with one attached hydrogen (secondary N) is 1. The Morgan fingerprint density at radius 3 is 3.05 bits per heavy atom. The number of pyridine rings is 1. The Balaban J connectivity index is 1.91. The van der Waals surface area contributed by atoms with E-state index in [9.17, 15) is 8.42 Å². The minimum Gasteiger partial charge on any atom is -0.370 e. The molecule has 0 aliphatic carbocycles. The van der Waals surface area contributed by atoms with Gasteiger partial charge in [-0.1, -0.05) is 6.42 Å². The van der Waals surface area contributed by atoms with Crippen LogP contribution in [0.15, 0.2) is 18.3 Å². The molecule has 0 radical (unpaired) electrons. The molecule has 1 fully saturated rings. The maximum absolute atomic E-state index is 11.8. The minimum absolute atomic E-state index is 0.0559. The zero-order chi connectivity index (χ0) is 15.3. The van der Waals surface area contributed by atoms with Gasteiger partial charge in [-0.05, 0) is 31.4 Å². The van der Waals surface area contributed by atoms with Crippen LogP contribution in [-0.2, 0) is 10.0 Å². The predicted octanol–water partition coefficient (Wildman–Crippen LogP) is 1.57. The fourth-order valence-corrected chi connectivity index (χ4v) is 3.88. The molecule has 0 aromatic carbocycles. The molecule has 0 spiro atoms. The Hall–Kier alpha value is -1.65. The van der Waals surface area contributed by atoms with Crippen LogP contribution in [0.4, 0.5) is 5.82 Å². The summed E-state index contributed by atoms with van der Waals surface area (Å²) in [5, 5.41) is 12.0. The van der Waals surface area contributed by atoms with E-state index < -0.39 is 10.0 Å². The first-order chi connectivity index (χ1) is 10.0. The topological polar surface area (TPSA) is 86.1 Å². The quantitative estimate of drug-likeness (QED) is 0.892. The summed E-state index contributed by atoms with van der Waals surface area (Å²) in [6.07, 6.45) is 6.51. The standard InChI is InChI=1S/C14H20N4O2S/c1-21(19,20)18-9-3-2-4-13(18)6-8-17-14-10-12(11-15)5-7-16-14/h5,7,10,13H,2-4,6,8-9H2,1H3,(H,16,17). The second-order valence-corrected chi connectivity index (χ2v) is 7.22. The van der Waals surface area contributed by atoms with E-state index in [-0.39, 0.29) is 6.04 Å². The van der Waals surface area contributed by atoms with Crippen LogP contribution < -0.4 is 5.32 Å². The summed E-state index contributed by atoms with van der Waals surface area (Å²) in [6.45, 7) is 1.25. The van der Waals surface area contributed by atoms with Crippen molar-refractivity contribution in [3.05, 3.63) is 23.9 Å². The normalized spacial score (nSPS) is 19.9. The van der Waals surface area contributed by atoms with E-state index in [0.29, 0.717) is 24.5 Å². The first kappa shape index (κ1) is 15.7. The van der Waals surface area contributed by atoms with Crippen LogP contribution in [0, 0.1) is 11.3 Å². The van der Waals surface area contributed by atoms with Gasteiger partial charge in [0.2, 0.25) is 10.0 Å². The Bertz CT molecular complexity index is 624. The second kappa shape index (κ2) is 6.87. The number of hydrogen-bond donors (Lipinski definition) is 1. The van der Waals surface area contributed by atoms with E-state index >= 15 is 0 Å². The highest BCUT2D eigenvalue weighted by Gasteiger charge is 2.28. The molecule has 0 bridgehead atoms. The molecule has 1 aliphatic rings. The number of sulfonamides is 1. The van der Waals surface area contributed by atoms with Crippen molar-refractivity contribution in [1.82, 2.24) is 9.29 Å². The number of aromatic nitrogens is 1. The van der Waals surface area contributed by atoms with Crippen molar-refractivity contribution in [2.75, 3.05) is 24.7 Å². The molecule has 1 atom stereocenters. The van der Waals surface area contributed by atoms with Gasteiger partial charge in [0, 0.05) is 25.3 Å². The van der Waals surface area contributed by atoms with Gasteiger partial charge in [0.05, 0.1) is 17.9 Å². The molecule has 1 N–H and O–H groups in total. The molecule has 0 amide bonds. The molecule has 1 aromatic heterocycles. The highest BCUT2D eigenvalue weighted by atomic mass is 32.2. The molecule has 1 aromatic rings. The molecule has 0 saturated carbocycles. The van der Waals surface area contributed by atoms with Crippen molar-refractivity contribution >= 4 is 15.8 Å². The van der Waals surface area contributed by atoms with Gasteiger partial charge in [-0.25, -0.2) is 13.4 Å². The summed E-state index contributed by atoms with van der Waals surface area (Å²) in [6, 6.07) is 5.46. The summed E-state index contributed by atoms with van der Waals surface area (Å²) in [4.78, 5) is 4.14. The molecule has 2 heterocycles. The zero-order valence-corrected chi connectivity index (χ0v) is 12.9. The lowest BCUT2D eigenvalue weighted by molar-refractivity contribution is 0.246. The lowest BCUT2D eigenvalue weighted by atomic mass is 10.0. The van der Waals surface area contributed by atoms with Gasteiger partial charge in [0.25, 0.3) is 0 Å². The lowest BCUT2D eigenvalue weighted by Crippen LogP contribution is -2.43. The molecule has 2 rings (SSSR count).